The standard InChI is InChI=1S/C35H47FN4O11S/c1-21(41)18-28(30(43)49-33(3,4)5)39-52(46,47)40(32(45)51-35(9,10)11)20-23-12-15-25(16-13-23)48-29(42)26-17-14-24(19-27(26)36)37-22(2)38-31(44)50-34(6,7)8/h12-17,19,28,39H,18,20H2,1-11H3,(H,37,38,44)/t28-/m0/s1. The van der Waals surface area contributed by atoms with E-state index in [-0.39, 0.29) is 22.8 Å². The molecule has 0 saturated carbocycles. The molecule has 0 aliphatic rings. The number of benzene rings is 2. The van der Waals surface area contributed by atoms with Gasteiger partial charge in [0.15, 0.2) is 0 Å². The molecule has 0 spiro atoms. The summed E-state index contributed by atoms with van der Waals surface area (Å²) in [6, 6.07) is 7.11. The average Bonchev–Trinajstić information content (AvgIpc) is 2.92. The lowest BCUT2D eigenvalue weighted by atomic mass is 10.1. The number of nitrogens with one attached hydrogen (secondary N) is 2. The first-order valence-electron chi connectivity index (χ1n) is 16.1. The lowest BCUT2D eigenvalue weighted by Crippen LogP contribution is -2.52. The Morgan fingerprint density at radius 1 is 0.827 bits per heavy atom. The lowest BCUT2D eigenvalue weighted by molar-refractivity contribution is -0.157. The zero-order chi connectivity index (χ0) is 39.8. The fraction of sp³-hybridized carbons (Fsp3) is 0.486. The Balaban J connectivity index is 2.26. The van der Waals surface area contributed by atoms with E-state index in [9.17, 15) is 36.8 Å². The number of amidine groups is 1. The molecule has 0 aliphatic heterocycles. The minimum Gasteiger partial charge on any atom is -0.459 e. The van der Waals surface area contributed by atoms with Crippen molar-refractivity contribution >= 4 is 51.6 Å². The van der Waals surface area contributed by atoms with Crippen molar-refractivity contribution < 1.29 is 55.7 Å². The summed E-state index contributed by atoms with van der Waals surface area (Å²) in [5.74, 6) is -3.45. The van der Waals surface area contributed by atoms with Gasteiger partial charge in [0.1, 0.15) is 46.0 Å². The summed E-state index contributed by atoms with van der Waals surface area (Å²) >= 11 is 0. The Labute approximate surface area is 303 Å². The highest BCUT2D eigenvalue weighted by atomic mass is 32.2. The van der Waals surface area contributed by atoms with E-state index in [2.05, 4.69) is 15.0 Å². The topological polar surface area (TPSA) is 196 Å². The van der Waals surface area contributed by atoms with Crippen molar-refractivity contribution in [3.05, 3.63) is 59.4 Å². The molecule has 52 heavy (non-hydrogen) atoms. The summed E-state index contributed by atoms with van der Waals surface area (Å²) in [5.41, 5.74) is -2.94. The first kappa shape index (κ1) is 43.3. The van der Waals surface area contributed by atoms with Gasteiger partial charge in [-0.1, -0.05) is 12.1 Å². The van der Waals surface area contributed by atoms with E-state index in [0.717, 1.165) is 12.1 Å². The molecule has 0 unspecified atom stereocenters. The summed E-state index contributed by atoms with van der Waals surface area (Å²) < 4.78 is 65.5. The number of ether oxygens (including phenoxy) is 4. The molecule has 2 amide bonds. The number of nitrogens with zero attached hydrogens (tertiary/aromatic N) is 2. The number of hydrogen-bond acceptors (Lipinski definition) is 12. The van der Waals surface area contributed by atoms with Crippen molar-refractivity contribution in [2.45, 2.75) is 112 Å². The van der Waals surface area contributed by atoms with Crippen molar-refractivity contribution in [2.75, 3.05) is 0 Å². The summed E-state index contributed by atoms with van der Waals surface area (Å²) in [5, 5.41) is 2.42. The van der Waals surface area contributed by atoms with E-state index in [1.165, 1.54) is 65.0 Å². The molecular weight excluding hydrogens is 703 g/mol. The van der Waals surface area contributed by atoms with Crippen molar-refractivity contribution in [1.29, 1.82) is 0 Å². The van der Waals surface area contributed by atoms with Crippen LogP contribution in [0.3, 0.4) is 0 Å². The zero-order valence-electron chi connectivity index (χ0n) is 31.2. The van der Waals surface area contributed by atoms with Gasteiger partial charge in [0.2, 0.25) is 0 Å². The maximum atomic E-state index is 14.9. The van der Waals surface area contributed by atoms with Crippen LogP contribution in [-0.2, 0) is 40.6 Å². The molecule has 2 rings (SSSR count). The van der Waals surface area contributed by atoms with Crippen LogP contribution in [0.25, 0.3) is 0 Å². The van der Waals surface area contributed by atoms with Gasteiger partial charge < -0.3 is 18.9 Å². The van der Waals surface area contributed by atoms with Gasteiger partial charge in [-0.25, -0.2) is 23.8 Å². The van der Waals surface area contributed by atoms with Gasteiger partial charge in [-0.2, -0.15) is 17.4 Å². The van der Waals surface area contributed by atoms with Crippen molar-refractivity contribution in [1.82, 2.24) is 14.3 Å². The van der Waals surface area contributed by atoms with E-state index in [1.54, 1.807) is 41.5 Å². The quantitative estimate of drug-likeness (QED) is 0.0915. The molecule has 0 radical (unpaired) electrons. The van der Waals surface area contributed by atoms with Gasteiger partial charge in [-0.3, -0.25) is 14.9 Å². The summed E-state index contributed by atoms with van der Waals surface area (Å²) in [7, 11) is -4.84. The monoisotopic (exact) mass is 750 g/mol. The third-order valence-corrected chi connectivity index (χ3v) is 7.41. The van der Waals surface area contributed by atoms with Crippen molar-refractivity contribution in [3.8, 4) is 5.75 Å². The van der Waals surface area contributed by atoms with Crippen LogP contribution >= 0.6 is 0 Å². The molecule has 0 heterocycles. The highest BCUT2D eigenvalue weighted by molar-refractivity contribution is 7.87. The number of ketones is 1. The minimum atomic E-state index is -4.84. The largest absolute Gasteiger partial charge is 0.459 e. The van der Waals surface area contributed by atoms with Gasteiger partial charge in [-0.15, -0.1) is 0 Å². The highest BCUT2D eigenvalue weighted by Crippen LogP contribution is 2.22. The Kier molecular flexibility index (Phi) is 14.2. The molecule has 1 atom stereocenters. The number of alkyl carbamates (subject to hydrolysis) is 1. The number of hydrogen-bond donors (Lipinski definition) is 2. The predicted molar refractivity (Wildman–Crippen MR) is 189 cm³/mol. The van der Waals surface area contributed by atoms with E-state index in [4.69, 9.17) is 18.9 Å². The highest BCUT2D eigenvalue weighted by Gasteiger charge is 2.37. The maximum Gasteiger partial charge on any atom is 0.425 e. The molecular formula is C35H47FN4O11S. The van der Waals surface area contributed by atoms with Crippen LogP contribution in [0.4, 0.5) is 19.7 Å². The van der Waals surface area contributed by atoms with E-state index in [1.807, 2.05) is 0 Å². The number of Topliss-reactive ketones (excluding diaryl/α,β-unsaturated/α-hetero) is 1. The van der Waals surface area contributed by atoms with Gasteiger partial charge in [0.05, 0.1) is 17.8 Å². The number of carbonyl (C=O) groups is 5. The van der Waals surface area contributed by atoms with E-state index in [0.29, 0.717) is 4.31 Å². The van der Waals surface area contributed by atoms with E-state index >= 15 is 0 Å². The molecule has 2 aromatic carbocycles. The van der Waals surface area contributed by atoms with Gasteiger partial charge in [0.25, 0.3) is 0 Å². The second-order valence-corrected chi connectivity index (χ2v) is 16.3. The van der Waals surface area contributed by atoms with Crippen LogP contribution in [0.1, 0.15) is 98.5 Å². The second-order valence-electron chi connectivity index (χ2n) is 14.6. The van der Waals surface area contributed by atoms with Crippen molar-refractivity contribution in [2.24, 2.45) is 4.99 Å². The minimum absolute atomic E-state index is 0.0381. The SMILES string of the molecule is CC(=O)C[C@H](NS(=O)(=O)N(Cc1ccc(OC(=O)c2ccc(N=C(C)NC(=O)OC(C)(C)C)cc2F)cc1)C(=O)OC(C)(C)C)C(=O)OC(C)(C)C. The van der Waals surface area contributed by atoms with Gasteiger partial charge in [-0.05, 0) is 106 Å². The third kappa shape index (κ3) is 15.1. The maximum absolute atomic E-state index is 14.9. The predicted octanol–water partition coefficient (Wildman–Crippen LogP) is 5.88. The van der Waals surface area contributed by atoms with Gasteiger partial charge >= 0.3 is 34.3 Å². The molecule has 2 aromatic rings. The molecule has 15 nitrogen and oxygen atoms in total. The third-order valence-electron chi connectivity index (χ3n) is 5.97. The molecule has 0 saturated heterocycles. The summed E-state index contributed by atoms with van der Waals surface area (Å²) in [4.78, 5) is 66.7. The number of amides is 2. The number of carbonyl (C=O) groups excluding carboxylic acids is 5. The molecule has 2 N–H and O–H groups in total. The molecule has 0 fully saturated rings. The number of aliphatic imine (C=N–C) groups is 1. The van der Waals surface area contributed by atoms with Crippen LogP contribution in [-0.4, -0.2) is 71.3 Å². The molecule has 286 valence electrons. The fourth-order valence-corrected chi connectivity index (χ4v) is 5.26. The van der Waals surface area contributed by atoms with Gasteiger partial charge in [0, 0.05) is 12.5 Å². The van der Waals surface area contributed by atoms with Crippen LogP contribution < -0.4 is 14.8 Å². The molecule has 17 heteroatoms. The molecule has 0 bridgehead atoms. The Bertz CT molecular complexity index is 1790. The lowest BCUT2D eigenvalue weighted by Gasteiger charge is -2.29. The first-order valence-corrected chi connectivity index (χ1v) is 17.5. The summed E-state index contributed by atoms with van der Waals surface area (Å²) in [6.07, 6.45) is -2.56. The fourth-order valence-electron chi connectivity index (χ4n) is 4.04. The second kappa shape index (κ2) is 17.1. The average molecular weight is 751 g/mol. The van der Waals surface area contributed by atoms with Crippen LogP contribution in [0.5, 0.6) is 5.75 Å². The van der Waals surface area contributed by atoms with Crippen LogP contribution in [0, 0.1) is 5.82 Å². The van der Waals surface area contributed by atoms with Crippen molar-refractivity contribution in [3.63, 3.8) is 0 Å². The molecule has 0 aliphatic carbocycles. The smallest absolute Gasteiger partial charge is 0.425 e. The Hall–Kier alpha value is -4.90. The normalized spacial score (nSPS) is 13.0. The number of halogens is 1. The first-order chi connectivity index (χ1) is 23.6. The zero-order valence-corrected chi connectivity index (χ0v) is 32.0. The molecule has 0 aromatic heterocycles. The Morgan fingerprint density at radius 3 is 1.88 bits per heavy atom. The summed E-state index contributed by atoms with van der Waals surface area (Å²) in [6.45, 7) is 16.4. The van der Waals surface area contributed by atoms with Crippen LogP contribution in [0.2, 0.25) is 0 Å². The Morgan fingerprint density at radius 2 is 1.38 bits per heavy atom. The van der Waals surface area contributed by atoms with Crippen LogP contribution in [0.15, 0.2) is 47.5 Å². The number of esters is 2. The number of rotatable bonds is 11. The van der Waals surface area contributed by atoms with E-state index < -0.39 is 87.3 Å².